The van der Waals surface area contributed by atoms with Crippen LogP contribution >= 0.6 is 0 Å². The van der Waals surface area contributed by atoms with E-state index in [9.17, 15) is 17.6 Å². The third kappa shape index (κ3) is 4.91. The van der Waals surface area contributed by atoms with Gasteiger partial charge in [0.1, 0.15) is 0 Å². The number of nitrogens with zero attached hydrogens (tertiary/aromatic N) is 1. The van der Waals surface area contributed by atoms with Gasteiger partial charge in [0.05, 0.1) is 6.54 Å². The first-order valence-electron chi connectivity index (χ1n) is 6.89. The second-order valence-electron chi connectivity index (χ2n) is 5.79. The number of alkyl halides is 4. The van der Waals surface area contributed by atoms with Gasteiger partial charge in [-0.3, -0.25) is 4.90 Å². The van der Waals surface area contributed by atoms with Gasteiger partial charge in [-0.2, -0.15) is 8.78 Å². The van der Waals surface area contributed by atoms with Crippen molar-refractivity contribution in [2.45, 2.75) is 58.0 Å². The molecular weight excluding hydrogens is 260 g/mol. The fourth-order valence-electron chi connectivity index (χ4n) is 2.59. The molecule has 0 aromatic heterocycles. The maximum absolute atomic E-state index is 13.2. The van der Waals surface area contributed by atoms with Gasteiger partial charge in [0.15, 0.2) is 0 Å². The quantitative estimate of drug-likeness (QED) is 0.754. The van der Waals surface area contributed by atoms with E-state index in [0.29, 0.717) is 25.4 Å². The zero-order valence-electron chi connectivity index (χ0n) is 11.8. The van der Waals surface area contributed by atoms with E-state index in [-0.39, 0.29) is 12.1 Å². The fourth-order valence-corrected chi connectivity index (χ4v) is 2.59. The number of halogens is 4. The van der Waals surface area contributed by atoms with Crippen molar-refractivity contribution < 1.29 is 17.6 Å². The Bertz CT molecular complexity index is 271. The predicted molar refractivity (Wildman–Crippen MR) is 67.8 cm³/mol. The Labute approximate surface area is 112 Å². The van der Waals surface area contributed by atoms with Crippen molar-refractivity contribution >= 4 is 0 Å². The van der Waals surface area contributed by atoms with E-state index in [4.69, 9.17) is 0 Å². The molecule has 2 atom stereocenters. The summed E-state index contributed by atoms with van der Waals surface area (Å²) in [4.78, 5) is 1.52. The molecule has 1 N–H and O–H groups in total. The average molecular weight is 284 g/mol. The number of hydrogen-bond acceptors (Lipinski definition) is 2. The van der Waals surface area contributed by atoms with Gasteiger partial charge in [-0.25, -0.2) is 8.78 Å². The predicted octanol–water partition coefficient (Wildman–Crippen LogP) is 2.99. The van der Waals surface area contributed by atoms with Crippen molar-refractivity contribution in [3.8, 4) is 0 Å². The Kier molecular flexibility index (Phi) is 6.05. The molecule has 0 bridgehead atoms. The maximum atomic E-state index is 13.2. The van der Waals surface area contributed by atoms with Gasteiger partial charge >= 0.3 is 12.3 Å². The second kappa shape index (κ2) is 6.88. The van der Waals surface area contributed by atoms with Crippen LogP contribution in [0.5, 0.6) is 0 Å². The molecule has 1 rings (SSSR count). The molecule has 1 fully saturated rings. The van der Waals surface area contributed by atoms with E-state index >= 15 is 0 Å². The summed E-state index contributed by atoms with van der Waals surface area (Å²) >= 11 is 0. The fraction of sp³-hybridized carbons (Fsp3) is 1.00. The van der Waals surface area contributed by atoms with E-state index in [1.807, 2.05) is 6.92 Å². The van der Waals surface area contributed by atoms with Crippen molar-refractivity contribution in [3.05, 3.63) is 0 Å². The first-order valence-corrected chi connectivity index (χ1v) is 6.89. The Morgan fingerprint density at radius 2 is 1.95 bits per heavy atom. The largest absolute Gasteiger partial charge is 0.319 e. The van der Waals surface area contributed by atoms with Gasteiger partial charge < -0.3 is 5.32 Å². The van der Waals surface area contributed by atoms with Crippen LogP contribution in [-0.2, 0) is 0 Å². The number of piperazine rings is 1. The highest BCUT2D eigenvalue weighted by atomic mass is 19.3. The summed E-state index contributed by atoms with van der Waals surface area (Å²) in [5.41, 5.74) is 0. The lowest BCUT2D eigenvalue weighted by atomic mass is 9.98. The van der Waals surface area contributed by atoms with Gasteiger partial charge in [0, 0.05) is 25.2 Å². The minimum absolute atomic E-state index is 0.0898. The summed E-state index contributed by atoms with van der Waals surface area (Å²) in [6, 6.07) is 0.0179. The van der Waals surface area contributed by atoms with Crippen LogP contribution in [0.1, 0.15) is 33.6 Å². The van der Waals surface area contributed by atoms with Crippen LogP contribution in [0.15, 0.2) is 0 Å². The highest BCUT2D eigenvalue weighted by molar-refractivity contribution is 4.89. The molecule has 0 aromatic carbocycles. The summed E-state index contributed by atoms with van der Waals surface area (Å²) in [6.07, 6.45) is -2.04. The van der Waals surface area contributed by atoms with E-state index in [1.54, 1.807) is 0 Å². The lowest BCUT2D eigenvalue weighted by Gasteiger charge is -2.41. The van der Waals surface area contributed by atoms with Crippen LogP contribution in [0.25, 0.3) is 0 Å². The molecule has 0 spiro atoms. The number of nitrogens with one attached hydrogen (secondary N) is 1. The van der Waals surface area contributed by atoms with Gasteiger partial charge in [0.25, 0.3) is 0 Å². The molecule has 1 aliphatic rings. The van der Waals surface area contributed by atoms with Gasteiger partial charge in [0.2, 0.25) is 0 Å². The van der Waals surface area contributed by atoms with Crippen LogP contribution in [0.3, 0.4) is 0 Å². The van der Waals surface area contributed by atoms with Crippen LogP contribution in [0, 0.1) is 5.92 Å². The van der Waals surface area contributed by atoms with Crippen molar-refractivity contribution in [1.29, 1.82) is 0 Å². The zero-order chi connectivity index (χ0) is 14.6. The number of rotatable bonds is 6. The summed E-state index contributed by atoms with van der Waals surface area (Å²) in [6.45, 7) is 6.17. The van der Waals surface area contributed by atoms with Gasteiger partial charge in [-0.1, -0.05) is 20.8 Å². The molecule has 0 radical (unpaired) electrons. The van der Waals surface area contributed by atoms with Crippen LogP contribution in [-0.4, -0.2) is 49.0 Å². The Balaban J connectivity index is 2.64. The lowest BCUT2D eigenvalue weighted by molar-refractivity contribution is -0.149. The molecule has 114 valence electrons. The molecule has 19 heavy (non-hydrogen) atoms. The SMILES string of the molecule is CCC1CNC(CC(C)C)CN1CC(F)(F)C(F)F. The van der Waals surface area contributed by atoms with Crippen molar-refractivity contribution in [1.82, 2.24) is 10.2 Å². The Morgan fingerprint density at radius 3 is 2.42 bits per heavy atom. The van der Waals surface area contributed by atoms with E-state index in [0.717, 1.165) is 6.42 Å². The standard InChI is InChI=1S/C13H24F4N2/c1-4-11-6-18-10(5-9(2)3)7-19(11)8-13(16,17)12(14)15/h9-12,18H,4-8H2,1-3H3. The molecule has 1 heterocycles. The molecule has 0 amide bonds. The van der Waals surface area contributed by atoms with Crippen LogP contribution in [0.4, 0.5) is 17.6 Å². The average Bonchev–Trinajstić information content (AvgIpc) is 2.27. The second-order valence-corrected chi connectivity index (χ2v) is 5.79. The normalized spacial score (nSPS) is 26.4. The molecule has 1 saturated heterocycles. The number of hydrogen-bond donors (Lipinski definition) is 1. The van der Waals surface area contributed by atoms with E-state index in [2.05, 4.69) is 19.2 Å². The summed E-state index contributed by atoms with van der Waals surface area (Å²) in [5.74, 6) is -3.47. The highest BCUT2D eigenvalue weighted by Gasteiger charge is 2.44. The van der Waals surface area contributed by atoms with Crippen molar-refractivity contribution in [2.24, 2.45) is 5.92 Å². The minimum Gasteiger partial charge on any atom is -0.311 e. The first kappa shape index (κ1) is 16.7. The molecule has 0 aromatic rings. The zero-order valence-corrected chi connectivity index (χ0v) is 11.8. The third-order valence-corrected chi connectivity index (χ3v) is 3.57. The summed E-state index contributed by atoms with van der Waals surface area (Å²) < 4.78 is 51.1. The molecule has 2 unspecified atom stereocenters. The Hall–Kier alpha value is -0.360. The molecule has 6 heteroatoms. The van der Waals surface area contributed by atoms with E-state index < -0.39 is 18.9 Å². The van der Waals surface area contributed by atoms with Crippen molar-refractivity contribution in [3.63, 3.8) is 0 Å². The van der Waals surface area contributed by atoms with Gasteiger partial charge in [-0.05, 0) is 18.8 Å². The summed E-state index contributed by atoms with van der Waals surface area (Å²) in [5, 5.41) is 3.32. The molecule has 1 aliphatic heterocycles. The van der Waals surface area contributed by atoms with E-state index in [1.165, 1.54) is 4.90 Å². The van der Waals surface area contributed by atoms with Crippen LogP contribution in [0.2, 0.25) is 0 Å². The first-order chi connectivity index (χ1) is 8.76. The highest BCUT2D eigenvalue weighted by Crippen LogP contribution is 2.26. The van der Waals surface area contributed by atoms with Gasteiger partial charge in [-0.15, -0.1) is 0 Å². The van der Waals surface area contributed by atoms with Crippen molar-refractivity contribution in [2.75, 3.05) is 19.6 Å². The maximum Gasteiger partial charge on any atom is 0.319 e. The lowest BCUT2D eigenvalue weighted by Crippen LogP contribution is -2.59. The smallest absolute Gasteiger partial charge is 0.311 e. The molecule has 0 saturated carbocycles. The molecule has 0 aliphatic carbocycles. The molecular formula is C13H24F4N2. The minimum atomic E-state index is -3.92. The van der Waals surface area contributed by atoms with Crippen LogP contribution < -0.4 is 5.32 Å². The third-order valence-electron chi connectivity index (χ3n) is 3.57. The molecule has 2 nitrogen and oxygen atoms in total. The monoisotopic (exact) mass is 284 g/mol. The Morgan fingerprint density at radius 1 is 1.32 bits per heavy atom. The summed E-state index contributed by atoms with van der Waals surface area (Å²) in [7, 11) is 0. The topological polar surface area (TPSA) is 15.3 Å².